The molecule has 2 aliphatic rings. The Morgan fingerprint density at radius 2 is 2.22 bits per heavy atom. The Morgan fingerprint density at radius 1 is 1.61 bits per heavy atom. The minimum absolute atomic E-state index is 0.00233. The van der Waals surface area contributed by atoms with Gasteiger partial charge in [0, 0.05) is 22.9 Å². The Balaban J connectivity index is 2.22. The van der Waals surface area contributed by atoms with E-state index in [9.17, 15) is 13.2 Å². The van der Waals surface area contributed by atoms with Crippen LogP contribution in [0.4, 0.5) is 0 Å². The molecule has 4 unspecified atom stereocenters. The molecule has 0 amide bonds. The topological polar surface area (TPSA) is 109 Å². The Hall–Kier alpha value is -0.890. The highest BCUT2D eigenvalue weighted by Gasteiger charge is 2.50. The second-order valence-corrected chi connectivity index (χ2v) is 6.61. The van der Waals surface area contributed by atoms with Crippen LogP contribution >= 0.6 is 11.6 Å². The summed E-state index contributed by atoms with van der Waals surface area (Å²) in [6, 6.07) is -1.35. The highest BCUT2D eigenvalue weighted by Crippen LogP contribution is 2.49. The number of aliphatic carboxylic acids is 1. The van der Waals surface area contributed by atoms with E-state index in [0.29, 0.717) is 5.03 Å². The number of rotatable bonds is 4. The summed E-state index contributed by atoms with van der Waals surface area (Å²) < 4.78 is 25.9. The number of carboxylic acids is 1. The SMILES string of the molecule is CC(NS(=O)(=O)C1=CC2C(N)C2C(Cl)=C1)C(=O)O. The van der Waals surface area contributed by atoms with Gasteiger partial charge in [-0.15, -0.1) is 0 Å². The lowest BCUT2D eigenvalue weighted by Gasteiger charge is -2.13. The maximum atomic E-state index is 11.9. The first-order valence-corrected chi connectivity index (χ1v) is 7.20. The molecule has 0 aromatic rings. The number of fused-ring (bicyclic) bond motifs is 1. The van der Waals surface area contributed by atoms with Gasteiger partial charge in [-0.2, -0.15) is 4.72 Å². The van der Waals surface area contributed by atoms with Crippen LogP contribution in [0.15, 0.2) is 22.1 Å². The van der Waals surface area contributed by atoms with E-state index < -0.39 is 22.0 Å². The summed E-state index contributed by atoms with van der Waals surface area (Å²) in [4.78, 5) is 10.6. The first kappa shape index (κ1) is 13.5. The van der Waals surface area contributed by atoms with Crippen molar-refractivity contribution in [3.63, 3.8) is 0 Å². The lowest BCUT2D eigenvalue weighted by atomic mass is 10.2. The molecule has 0 bridgehead atoms. The molecule has 4 N–H and O–H groups in total. The third-order valence-corrected chi connectivity index (χ3v) is 5.00. The average Bonchev–Trinajstić information content (AvgIpc) is 2.89. The minimum Gasteiger partial charge on any atom is -0.480 e. The molecule has 8 heteroatoms. The molecule has 4 atom stereocenters. The highest BCUT2D eigenvalue weighted by atomic mass is 35.5. The van der Waals surface area contributed by atoms with Gasteiger partial charge < -0.3 is 10.8 Å². The second kappa shape index (κ2) is 4.34. The zero-order valence-corrected chi connectivity index (χ0v) is 11.1. The highest BCUT2D eigenvalue weighted by molar-refractivity contribution is 7.93. The number of halogens is 1. The van der Waals surface area contributed by atoms with Gasteiger partial charge in [0.1, 0.15) is 6.04 Å². The summed E-state index contributed by atoms with van der Waals surface area (Å²) in [5, 5.41) is 9.09. The number of hydrogen-bond acceptors (Lipinski definition) is 4. The van der Waals surface area contributed by atoms with E-state index in [-0.39, 0.29) is 22.8 Å². The van der Waals surface area contributed by atoms with Crippen LogP contribution in [0.2, 0.25) is 0 Å². The molecule has 2 aliphatic carbocycles. The van der Waals surface area contributed by atoms with Crippen LogP contribution in [0.25, 0.3) is 0 Å². The van der Waals surface area contributed by atoms with Gasteiger partial charge in [-0.25, -0.2) is 8.42 Å². The molecule has 1 fully saturated rings. The molecule has 0 aromatic carbocycles. The number of hydrogen-bond donors (Lipinski definition) is 3. The van der Waals surface area contributed by atoms with Crippen LogP contribution in [0.1, 0.15) is 6.92 Å². The number of nitrogens with two attached hydrogens (primary N) is 1. The summed E-state index contributed by atoms with van der Waals surface area (Å²) in [5.41, 5.74) is 5.74. The molecule has 18 heavy (non-hydrogen) atoms. The zero-order chi connectivity index (χ0) is 13.7. The van der Waals surface area contributed by atoms with E-state index in [0.717, 1.165) is 0 Å². The van der Waals surface area contributed by atoms with E-state index in [1.807, 2.05) is 0 Å². The first-order chi connectivity index (χ1) is 8.24. The molecule has 0 saturated heterocycles. The van der Waals surface area contributed by atoms with Crippen LogP contribution in [-0.4, -0.2) is 31.6 Å². The van der Waals surface area contributed by atoms with Gasteiger partial charge in [0.2, 0.25) is 10.0 Å². The van der Waals surface area contributed by atoms with Crippen molar-refractivity contribution in [3.8, 4) is 0 Å². The van der Waals surface area contributed by atoms with Crippen molar-refractivity contribution in [2.45, 2.75) is 19.0 Å². The van der Waals surface area contributed by atoms with Gasteiger partial charge in [-0.1, -0.05) is 17.7 Å². The summed E-state index contributed by atoms with van der Waals surface area (Å²) >= 11 is 5.94. The van der Waals surface area contributed by atoms with E-state index >= 15 is 0 Å². The molecule has 0 aromatic heterocycles. The van der Waals surface area contributed by atoms with Crippen molar-refractivity contribution >= 4 is 27.6 Å². The fraction of sp³-hybridized carbons (Fsp3) is 0.500. The molecule has 0 aliphatic heterocycles. The van der Waals surface area contributed by atoms with Crippen molar-refractivity contribution in [1.82, 2.24) is 4.72 Å². The van der Waals surface area contributed by atoms with E-state index in [2.05, 4.69) is 4.72 Å². The van der Waals surface area contributed by atoms with E-state index in [4.69, 9.17) is 22.4 Å². The fourth-order valence-electron chi connectivity index (χ4n) is 1.93. The first-order valence-electron chi connectivity index (χ1n) is 5.33. The van der Waals surface area contributed by atoms with Crippen molar-refractivity contribution in [3.05, 3.63) is 22.1 Å². The summed E-state index contributed by atoms with van der Waals surface area (Å²) in [6.07, 6.45) is 2.85. The van der Waals surface area contributed by atoms with Crippen LogP contribution in [0.5, 0.6) is 0 Å². The lowest BCUT2D eigenvalue weighted by molar-refractivity contribution is -0.138. The monoisotopic (exact) mass is 292 g/mol. The molecule has 0 heterocycles. The standard InChI is InChI=1S/C10H13ClN2O4S/c1-4(10(14)15)13-18(16,17)5-2-6-8(9(6)12)7(11)3-5/h2-4,6,8-9,13H,12H2,1H3,(H,14,15). The summed E-state index contributed by atoms with van der Waals surface area (Å²) in [7, 11) is -3.88. The Bertz CT molecular complexity index is 554. The van der Waals surface area contributed by atoms with Crippen LogP contribution < -0.4 is 10.5 Å². The Morgan fingerprint density at radius 3 is 2.72 bits per heavy atom. The summed E-state index contributed by atoms with van der Waals surface area (Å²) in [6.45, 7) is 1.25. The Kier molecular flexibility index (Phi) is 3.26. The fourth-order valence-corrected chi connectivity index (χ4v) is 3.72. The predicted molar refractivity (Wildman–Crippen MR) is 66.1 cm³/mol. The predicted octanol–water partition coefficient (Wildman–Crippen LogP) is -0.0276. The van der Waals surface area contributed by atoms with Gasteiger partial charge in [-0.05, 0) is 13.0 Å². The maximum absolute atomic E-state index is 11.9. The zero-order valence-electron chi connectivity index (χ0n) is 9.50. The molecule has 6 nitrogen and oxygen atoms in total. The van der Waals surface area contributed by atoms with Gasteiger partial charge in [0.25, 0.3) is 0 Å². The quantitative estimate of drug-likeness (QED) is 0.674. The Labute approximate surface area is 110 Å². The van der Waals surface area contributed by atoms with E-state index in [1.165, 1.54) is 19.1 Å². The average molecular weight is 293 g/mol. The lowest BCUT2D eigenvalue weighted by Crippen LogP contribution is -2.38. The third-order valence-electron chi connectivity index (χ3n) is 3.10. The second-order valence-electron chi connectivity index (χ2n) is 4.46. The van der Waals surface area contributed by atoms with Gasteiger partial charge >= 0.3 is 5.97 Å². The number of allylic oxidation sites excluding steroid dienone is 1. The van der Waals surface area contributed by atoms with Crippen molar-refractivity contribution in [2.24, 2.45) is 17.6 Å². The molecule has 2 rings (SSSR count). The molecule has 0 radical (unpaired) electrons. The van der Waals surface area contributed by atoms with Crippen LogP contribution in [0, 0.1) is 11.8 Å². The van der Waals surface area contributed by atoms with Gasteiger partial charge in [0.05, 0.1) is 4.91 Å². The van der Waals surface area contributed by atoms with E-state index in [1.54, 1.807) is 0 Å². The van der Waals surface area contributed by atoms with Crippen molar-refractivity contribution in [1.29, 1.82) is 0 Å². The van der Waals surface area contributed by atoms with Crippen molar-refractivity contribution in [2.75, 3.05) is 0 Å². The van der Waals surface area contributed by atoms with Crippen molar-refractivity contribution < 1.29 is 18.3 Å². The maximum Gasteiger partial charge on any atom is 0.321 e. The molecule has 100 valence electrons. The van der Waals surface area contributed by atoms with Gasteiger partial charge in [-0.3, -0.25) is 4.79 Å². The molecule has 1 saturated carbocycles. The number of carboxylic acid groups (broad SMARTS) is 1. The number of carbonyl (C=O) groups is 1. The minimum atomic E-state index is -3.88. The van der Waals surface area contributed by atoms with Crippen LogP contribution in [0.3, 0.4) is 0 Å². The number of sulfonamides is 1. The molecular weight excluding hydrogens is 280 g/mol. The van der Waals surface area contributed by atoms with Gasteiger partial charge in [0.15, 0.2) is 0 Å². The molecule has 0 spiro atoms. The number of nitrogens with one attached hydrogen (secondary N) is 1. The molecular formula is C10H13ClN2O4S. The summed E-state index contributed by atoms with van der Waals surface area (Å²) in [5.74, 6) is -1.32. The third kappa shape index (κ3) is 2.31. The van der Waals surface area contributed by atoms with Crippen LogP contribution in [-0.2, 0) is 14.8 Å². The smallest absolute Gasteiger partial charge is 0.321 e. The normalized spacial score (nSPS) is 32.1. The largest absolute Gasteiger partial charge is 0.480 e.